The van der Waals surface area contributed by atoms with E-state index in [1.165, 1.54) is 18.2 Å². The molecular formula is C17H16Cl2FN3O2S. The van der Waals surface area contributed by atoms with Gasteiger partial charge >= 0.3 is 0 Å². The van der Waals surface area contributed by atoms with E-state index in [0.29, 0.717) is 0 Å². The van der Waals surface area contributed by atoms with E-state index in [2.05, 4.69) is 9.69 Å². The number of anilines is 1. The minimum atomic E-state index is -0.606. The molecule has 0 unspecified atom stereocenters. The second kappa shape index (κ2) is 8.33. The second-order valence-electron chi connectivity index (χ2n) is 6.04. The Labute approximate surface area is 164 Å². The number of carbonyl (C=O) groups excluding carboxylic acids is 2. The van der Waals surface area contributed by atoms with E-state index in [0.717, 1.165) is 42.1 Å². The zero-order valence-corrected chi connectivity index (χ0v) is 16.0. The van der Waals surface area contributed by atoms with Crippen molar-refractivity contribution in [3.05, 3.63) is 45.1 Å². The fraction of sp³-hybridized carbons (Fsp3) is 0.353. The van der Waals surface area contributed by atoms with Crippen LogP contribution in [0.3, 0.4) is 0 Å². The van der Waals surface area contributed by atoms with Crippen LogP contribution >= 0.6 is 34.7 Å². The third kappa shape index (κ3) is 4.34. The molecule has 1 saturated carbocycles. The molecule has 0 radical (unpaired) electrons. The second-order valence-corrected chi connectivity index (χ2v) is 7.79. The zero-order chi connectivity index (χ0) is 18.7. The molecule has 0 atom stereocenters. The first-order valence-electron chi connectivity index (χ1n) is 8.13. The Kier molecular flexibility index (Phi) is 6.11. The standard InChI is InChI=1S/C17H16Cl2FN3O2S/c18-14-15(22-26-16(14)19)17(25)23(12-7-3-4-10(20)8-12)9-13(24)21-11-5-1-2-6-11/h3-4,7-8,11H,1-2,5-6,9H2,(H,21,24). The van der Waals surface area contributed by atoms with Gasteiger partial charge in [0.2, 0.25) is 5.91 Å². The molecule has 2 aromatic rings. The minimum absolute atomic E-state index is 0.0271. The number of nitrogens with zero attached hydrogens (tertiary/aromatic N) is 2. The molecule has 1 fully saturated rings. The Morgan fingerprint density at radius 2 is 2.04 bits per heavy atom. The molecule has 1 aromatic carbocycles. The SMILES string of the molecule is O=C(CN(C(=O)c1nsc(Cl)c1Cl)c1cccc(F)c1)NC1CCCC1. The first-order valence-corrected chi connectivity index (χ1v) is 9.66. The normalized spacial score (nSPS) is 14.4. The van der Waals surface area contributed by atoms with E-state index >= 15 is 0 Å². The van der Waals surface area contributed by atoms with E-state index < -0.39 is 11.7 Å². The molecule has 1 heterocycles. The van der Waals surface area contributed by atoms with E-state index in [1.807, 2.05) is 0 Å². The fourth-order valence-electron chi connectivity index (χ4n) is 2.93. The highest BCUT2D eigenvalue weighted by atomic mass is 35.5. The van der Waals surface area contributed by atoms with Crippen LogP contribution < -0.4 is 10.2 Å². The summed E-state index contributed by atoms with van der Waals surface area (Å²) < 4.78 is 17.8. The average molecular weight is 416 g/mol. The third-order valence-electron chi connectivity index (χ3n) is 4.19. The van der Waals surface area contributed by atoms with Crippen molar-refractivity contribution in [3.8, 4) is 0 Å². The number of carbonyl (C=O) groups is 2. The summed E-state index contributed by atoms with van der Waals surface area (Å²) in [5, 5.41) is 2.94. The number of hydrogen-bond donors (Lipinski definition) is 1. The molecule has 3 rings (SSSR count). The molecule has 26 heavy (non-hydrogen) atoms. The van der Waals surface area contributed by atoms with Crippen LogP contribution in [0, 0.1) is 5.82 Å². The van der Waals surface area contributed by atoms with Gasteiger partial charge in [0.15, 0.2) is 5.69 Å². The van der Waals surface area contributed by atoms with Crippen LogP contribution in [0.4, 0.5) is 10.1 Å². The van der Waals surface area contributed by atoms with E-state index in [1.54, 1.807) is 6.07 Å². The molecule has 1 N–H and O–H groups in total. The van der Waals surface area contributed by atoms with Crippen molar-refractivity contribution < 1.29 is 14.0 Å². The van der Waals surface area contributed by atoms with Crippen LogP contribution in [-0.2, 0) is 4.79 Å². The summed E-state index contributed by atoms with van der Waals surface area (Å²) >= 11 is 12.8. The highest BCUT2D eigenvalue weighted by Gasteiger charge is 2.27. The lowest BCUT2D eigenvalue weighted by molar-refractivity contribution is -0.120. The van der Waals surface area contributed by atoms with Crippen molar-refractivity contribution >= 4 is 52.2 Å². The van der Waals surface area contributed by atoms with Crippen LogP contribution in [0.5, 0.6) is 0 Å². The summed E-state index contributed by atoms with van der Waals surface area (Å²) in [5.41, 5.74) is 0.191. The van der Waals surface area contributed by atoms with Crippen molar-refractivity contribution in [3.63, 3.8) is 0 Å². The number of benzene rings is 1. The molecule has 9 heteroatoms. The fourth-order valence-corrected chi connectivity index (χ4v) is 3.92. The smallest absolute Gasteiger partial charge is 0.280 e. The molecule has 1 aliphatic rings. The lowest BCUT2D eigenvalue weighted by Gasteiger charge is -2.23. The Morgan fingerprint density at radius 1 is 1.31 bits per heavy atom. The number of hydrogen-bond acceptors (Lipinski definition) is 4. The van der Waals surface area contributed by atoms with Gasteiger partial charge in [0.05, 0.1) is 0 Å². The first-order chi connectivity index (χ1) is 12.5. The van der Waals surface area contributed by atoms with Gasteiger partial charge in [-0.15, -0.1) is 0 Å². The van der Waals surface area contributed by atoms with Crippen LogP contribution in [0.1, 0.15) is 36.2 Å². The zero-order valence-electron chi connectivity index (χ0n) is 13.7. The van der Waals surface area contributed by atoms with Gasteiger partial charge in [0.25, 0.3) is 5.91 Å². The Balaban J connectivity index is 1.85. The molecular weight excluding hydrogens is 400 g/mol. The summed E-state index contributed by atoms with van der Waals surface area (Å²) in [7, 11) is 0. The Bertz CT molecular complexity index is 824. The molecule has 2 amide bonds. The van der Waals surface area contributed by atoms with Crippen LogP contribution in [0.25, 0.3) is 0 Å². The molecule has 138 valence electrons. The summed E-state index contributed by atoms with van der Waals surface area (Å²) in [6.07, 6.45) is 4.00. The molecule has 0 aliphatic heterocycles. The number of nitrogens with one attached hydrogen (secondary N) is 1. The predicted octanol–water partition coefficient (Wildman–Crippen LogP) is 4.29. The lowest BCUT2D eigenvalue weighted by atomic mass is 10.2. The van der Waals surface area contributed by atoms with Gasteiger partial charge in [-0.3, -0.25) is 14.5 Å². The predicted molar refractivity (Wildman–Crippen MR) is 101 cm³/mol. The van der Waals surface area contributed by atoms with Crippen LogP contribution in [-0.4, -0.2) is 28.8 Å². The lowest BCUT2D eigenvalue weighted by Crippen LogP contribution is -2.44. The highest BCUT2D eigenvalue weighted by molar-refractivity contribution is 7.11. The minimum Gasteiger partial charge on any atom is -0.352 e. The number of halogens is 3. The maximum Gasteiger partial charge on any atom is 0.280 e. The average Bonchev–Trinajstić information content (AvgIpc) is 3.23. The quantitative estimate of drug-likeness (QED) is 0.791. The highest BCUT2D eigenvalue weighted by Crippen LogP contribution is 2.31. The summed E-state index contributed by atoms with van der Waals surface area (Å²) in [6, 6.07) is 5.57. The molecule has 1 aromatic heterocycles. The number of amides is 2. The van der Waals surface area contributed by atoms with Gasteiger partial charge in [-0.05, 0) is 42.6 Å². The molecule has 0 saturated heterocycles. The molecule has 5 nitrogen and oxygen atoms in total. The van der Waals surface area contributed by atoms with E-state index in [4.69, 9.17) is 23.2 Å². The molecule has 1 aliphatic carbocycles. The van der Waals surface area contributed by atoms with E-state index in [-0.39, 0.29) is 39.2 Å². The van der Waals surface area contributed by atoms with Gasteiger partial charge in [-0.25, -0.2) is 4.39 Å². The van der Waals surface area contributed by atoms with Crippen LogP contribution in [0.2, 0.25) is 9.36 Å². The first kappa shape index (κ1) is 19.1. The van der Waals surface area contributed by atoms with Gasteiger partial charge in [0, 0.05) is 11.7 Å². The Morgan fingerprint density at radius 3 is 2.65 bits per heavy atom. The third-order valence-corrected chi connectivity index (χ3v) is 5.80. The van der Waals surface area contributed by atoms with Crippen molar-refractivity contribution in [2.75, 3.05) is 11.4 Å². The summed E-state index contributed by atoms with van der Waals surface area (Å²) in [4.78, 5) is 26.5. The molecule has 0 spiro atoms. The van der Waals surface area contributed by atoms with Crippen LogP contribution in [0.15, 0.2) is 24.3 Å². The number of aromatic nitrogens is 1. The number of rotatable bonds is 5. The van der Waals surface area contributed by atoms with Crippen molar-refractivity contribution in [1.82, 2.24) is 9.69 Å². The monoisotopic (exact) mass is 415 g/mol. The summed E-state index contributed by atoms with van der Waals surface area (Å²) in [5.74, 6) is -1.43. The van der Waals surface area contributed by atoms with Gasteiger partial charge in [0.1, 0.15) is 21.7 Å². The van der Waals surface area contributed by atoms with Crippen molar-refractivity contribution in [2.24, 2.45) is 0 Å². The van der Waals surface area contributed by atoms with Gasteiger partial charge in [-0.1, -0.05) is 42.1 Å². The summed E-state index contributed by atoms with van der Waals surface area (Å²) in [6.45, 7) is -0.260. The maximum atomic E-state index is 13.6. The topological polar surface area (TPSA) is 62.3 Å². The van der Waals surface area contributed by atoms with Crippen molar-refractivity contribution in [1.29, 1.82) is 0 Å². The maximum absolute atomic E-state index is 13.6. The van der Waals surface area contributed by atoms with Crippen molar-refractivity contribution in [2.45, 2.75) is 31.7 Å². The molecule has 0 bridgehead atoms. The Hall–Kier alpha value is -1.70. The van der Waals surface area contributed by atoms with Gasteiger partial charge < -0.3 is 5.32 Å². The van der Waals surface area contributed by atoms with Gasteiger partial charge in [-0.2, -0.15) is 4.37 Å². The van der Waals surface area contributed by atoms with E-state index in [9.17, 15) is 14.0 Å². The largest absolute Gasteiger partial charge is 0.352 e.